The first-order chi connectivity index (χ1) is 12.5. The lowest BCUT2D eigenvalue weighted by Gasteiger charge is -2.39. The van der Waals surface area contributed by atoms with Crippen LogP contribution < -0.4 is 5.32 Å². The molecule has 138 valence electrons. The van der Waals surface area contributed by atoms with Gasteiger partial charge in [0.2, 0.25) is 5.91 Å². The molecular weight excluding hydrogens is 350 g/mol. The van der Waals surface area contributed by atoms with Crippen molar-refractivity contribution in [2.75, 3.05) is 38.5 Å². The molecule has 3 rings (SSSR count). The zero-order valence-corrected chi connectivity index (χ0v) is 15.5. The summed E-state index contributed by atoms with van der Waals surface area (Å²) in [5.41, 5.74) is 1.67. The Balaban J connectivity index is 1.53. The third-order valence-corrected chi connectivity index (χ3v) is 5.61. The van der Waals surface area contributed by atoms with Gasteiger partial charge in [0.25, 0.3) is 0 Å². The van der Waals surface area contributed by atoms with Crippen LogP contribution in [-0.4, -0.2) is 60.0 Å². The van der Waals surface area contributed by atoms with Gasteiger partial charge in [0.1, 0.15) is 4.88 Å². The molecule has 1 amide bonds. The van der Waals surface area contributed by atoms with Crippen LogP contribution in [0.3, 0.4) is 0 Å². The maximum Gasteiger partial charge on any atom is 0.348 e. The molecular formula is C19H23N3O3S. The maximum absolute atomic E-state index is 12.2. The molecule has 6 nitrogen and oxygen atoms in total. The SMILES string of the molecule is CN1CCN(CCC(=O)Nc2ccsc2C(=O)O)C[C@@H]1c1ccccc1. The van der Waals surface area contributed by atoms with E-state index in [0.29, 0.717) is 24.7 Å². The second-order valence-corrected chi connectivity index (χ2v) is 7.39. The van der Waals surface area contributed by atoms with E-state index in [9.17, 15) is 9.59 Å². The highest BCUT2D eigenvalue weighted by Gasteiger charge is 2.25. The van der Waals surface area contributed by atoms with Gasteiger partial charge in [-0.1, -0.05) is 30.3 Å². The Morgan fingerprint density at radius 2 is 2.00 bits per heavy atom. The van der Waals surface area contributed by atoms with Gasteiger partial charge < -0.3 is 10.4 Å². The maximum atomic E-state index is 12.2. The van der Waals surface area contributed by atoms with Crippen LogP contribution >= 0.6 is 11.3 Å². The first-order valence-corrected chi connectivity index (χ1v) is 9.50. The molecule has 0 radical (unpaired) electrons. The summed E-state index contributed by atoms with van der Waals surface area (Å²) in [4.78, 5) is 28.1. The second-order valence-electron chi connectivity index (χ2n) is 6.47. The molecule has 0 saturated carbocycles. The van der Waals surface area contributed by atoms with Crippen molar-refractivity contribution in [2.24, 2.45) is 0 Å². The molecule has 2 N–H and O–H groups in total. The Labute approximate surface area is 157 Å². The largest absolute Gasteiger partial charge is 0.477 e. The highest BCUT2D eigenvalue weighted by molar-refractivity contribution is 7.12. The van der Waals surface area contributed by atoms with E-state index in [1.807, 2.05) is 6.07 Å². The van der Waals surface area contributed by atoms with Crippen molar-refractivity contribution in [1.29, 1.82) is 0 Å². The summed E-state index contributed by atoms with van der Waals surface area (Å²) in [5, 5.41) is 13.5. The van der Waals surface area contributed by atoms with Gasteiger partial charge in [-0.2, -0.15) is 0 Å². The van der Waals surface area contributed by atoms with Gasteiger partial charge in [-0.05, 0) is 24.1 Å². The van der Waals surface area contributed by atoms with Crippen LogP contribution in [-0.2, 0) is 4.79 Å². The van der Waals surface area contributed by atoms with Crippen molar-refractivity contribution in [3.63, 3.8) is 0 Å². The molecule has 1 aromatic heterocycles. The lowest BCUT2D eigenvalue weighted by molar-refractivity contribution is -0.116. The normalized spacial score (nSPS) is 18.6. The number of hydrogen-bond acceptors (Lipinski definition) is 5. The van der Waals surface area contributed by atoms with Crippen molar-refractivity contribution >= 4 is 28.9 Å². The zero-order valence-electron chi connectivity index (χ0n) is 14.7. The van der Waals surface area contributed by atoms with Gasteiger partial charge >= 0.3 is 5.97 Å². The Morgan fingerprint density at radius 3 is 2.73 bits per heavy atom. The van der Waals surface area contributed by atoms with Crippen LogP contribution in [0.5, 0.6) is 0 Å². The number of piperazine rings is 1. The first kappa shape index (κ1) is 18.6. The fourth-order valence-electron chi connectivity index (χ4n) is 3.21. The van der Waals surface area contributed by atoms with Gasteiger partial charge in [0.15, 0.2) is 0 Å². The van der Waals surface area contributed by atoms with Gasteiger partial charge in [-0.3, -0.25) is 14.6 Å². The summed E-state index contributed by atoms with van der Waals surface area (Å²) in [7, 11) is 2.13. The van der Waals surface area contributed by atoms with E-state index in [-0.39, 0.29) is 10.8 Å². The number of rotatable bonds is 6. The molecule has 26 heavy (non-hydrogen) atoms. The zero-order chi connectivity index (χ0) is 18.5. The van der Waals surface area contributed by atoms with Crippen molar-refractivity contribution in [2.45, 2.75) is 12.5 Å². The van der Waals surface area contributed by atoms with E-state index in [2.05, 4.69) is 46.4 Å². The number of carbonyl (C=O) groups is 2. The van der Waals surface area contributed by atoms with E-state index >= 15 is 0 Å². The number of carbonyl (C=O) groups excluding carboxylic acids is 1. The van der Waals surface area contributed by atoms with E-state index in [0.717, 1.165) is 31.0 Å². The summed E-state index contributed by atoms with van der Waals surface area (Å²) in [6.07, 6.45) is 0.347. The molecule has 1 aliphatic rings. The van der Waals surface area contributed by atoms with E-state index in [1.54, 1.807) is 11.4 Å². The molecule has 2 heterocycles. The molecule has 1 aromatic carbocycles. The minimum absolute atomic E-state index is 0.152. The fraction of sp³-hybridized carbons (Fsp3) is 0.368. The molecule has 1 saturated heterocycles. The van der Waals surface area contributed by atoms with Gasteiger partial charge in [0, 0.05) is 38.6 Å². The monoisotopic (exact) mass is 373 g/mol. The van der Waals surface area contributed by atoms with Gasteiger partial charge in [-0.25, -0.2) is 4.79 Å². The number of hydrogen-bond donors (Lipinski definition) is 2. The standard InChI is InChI=1S/C19H23N3O3S/c1-21-10-11-22(13-16(21)14-5-3-2-4-6-14)9-7-17(23)20-15-8-12-26-18(15)19(24)25/h2-6,8,12,16H,7,9-11,13H2,1H3,(H,20,23)(H,24,25)/t16-/m1/s1. The number of carboxylic acid groups (broad SMARTS) is 1. The topological polar surface area (TPSA) is 72.9 Å². The molecule has 0 unspecified atom stereocenters. The van der Waals surface area contributed by atoms with E-state index < -0.39 is 5.97 Å². The van der Waals surface area contributed by atoms with Crippen LogP contribution in [0.1, 0.15) is 27.7 Å². The summed E-state index contributed by atoms with van der Waals surface area (Å²) < 4.78 is 0. The molecule has 1 fully saturated rings. The minimum atomic E-state index is -1.01. The first-order valence-electron chi connectivity index (χ1n) is 8.63. The predicted molar refractivity (Wildman–Crippen MR) is 103 cm³/mol. The van der Waals surface area contributed by atoms with Crippen molar-refractivity contribution < 1.29 is 14.7 Å². The Bertz CT molecular complexity index is 762. The van der Waals surface area contributed by atoms with E-state index in [4.69, 9.17) is 5.11 Å². The number of likely N-dealkylation sites (N-methyl/N-ethyl adjacent to an activating group) is 1. The number of nitrogens with zero attached hydrogens (tertiary/aromatic N) is 2. The summed E-state index contributed by atoms with van der Waals surface area (Å²) in [6, 6.07) is 12.4. The molecule has 1 atom stereocenters. The Hall–Kier alpha value is -2.22. The number of amides is 1. The number of anilines is 1. The van der Waals surface area contributed by atoms with Crippen LogP contribution in [0.4, 0.5) is 5.69 Å². The Kier molecular flexibility index (Phi) is 6.03. The summed E-state index contributed by atoms with van der Waals surface area (Å²) in [6.45, 7) is 3.42. The minimum Gasteiger partial charge on any atom is -0.477 e. The van der Waals surface area contributed by atoms with Gasteiger partial charge in [-0.15, -0.1) is 11.3 Å². The highest BCUT2D eigenvalue weighted by Crippen LogP contribution is 2.24. The molecule has 0 bridgehead atoms. The smallest absolute Gasteiger partial charge is 0.348 e. The molecule has 7 heteroatoms. The third-order valence-electron chi connectivity index (χ3n) is 4.71. The molecule has 0 spiro atoms. The van der Waals surface area contributed by atoms with E-state index in [1.165, 1.54) is 5.56 Å². The summed E-state index contributed by atoms with van der Waals surface area (Å²) >= 11 is 1.11. The van der Waals surface area contributed by atoms with Crippen LogP contribution in [0.25, 0.3) is 0 Å². The second kappa shape index (κ2) is 8.44. The van der Waals surface area contributed by atoms with Crippen molar-refractivity contribution in [3.05, 3.63) is 52.2 Å². The third kappa shape index (κ3) is 4.49. The Morgan fingerprint density at radius 1 is 1.23 bits per heavy atom. The van der Waals surface area contributed by atoms with Crippen molar-refractivity contribution in [1.82, 2.24) is 9.80 Å². The lowest BCUT2D eigenvalue weighted by Crippen LogP contribution is -2.47. The lowest BCUT2D eigenvalue weighted by atomic mass is 10.0. The van der Waals surface area contributed by atoms with Crippen LogP contribution in [0.15, 0.2) is 41.8 Å². The highest BCUT2D eigenvalue weighted by atomic mass is 32.1. The predicted octanol–water partition coefficient (Wildman–Crippen LogP) is 2.76. The fourth-order valence-corrected chi connectivity index (χ4v) is 3.90. The van der Waals surface area contributed by atoms with Crippen LogP contribution in [0.2, 0.25) is 0 Å². The molecule has 2 aromatic rings. The number of nitrogens with one attached hydrogen (secondary N) is 1. The van der Waals surface area contributed by atoms with Crippen molar-refractivity contribution in [3.8, 4) is 0 Å². The molecule has 0 aliphatic carbocycles. The average molecular weight is 373 g/mol. The average Bonchev–Trinajstić information content (AvgIpc) is 3.10. The number of aromatic carboxylic acids is 1. The number of benzene rings is 1. The number of carboxylic acids is 1. The van der Waals surface area contributed by atoms with Gasteiger partial charge in [0.05, 0.1) is 5.69 Å². The van der Waals surface area contributed by atoms with Crippen LogP contribution in [0, 0.1) is 0 Å². The quantitative estimate of drug-likeness (QED) is 0.815. The number of thiophene rings is 1. The summed E-state index contributed by atoms with van der Waals surface area (Å²) in [5.74, 6) is -1.17. The molecule has 1 aliphatic heterocycles.